The molecule has 0 aliphatic heterocycles. The lowest BCUT2D eigenvalue weighted by Crippen LogP contribution is -2.46. The number of carbonyl (C=O) groups excluding carboxylic acids is 1. The Bertz CT molecular complexity index is 513. The van der Waals surface area contributed by atoms with Gasteiger partial charge in [0.2, 0.25) is 5.91 Å². The molecule has 23 heavy (non-hydrogen) atoms. The van der Waals surface area contributed by atoms with Crippen molar-refractivity contribution in [3.63, 3.8) is 0 Å². The molecule has 1 aliphatic rings. The maximum Gasteiger partial charge on any atom is 0.230 e. The number of carbonyl (C=O) groups is 1. The Morgan fingerprint density at radius 1 is 1.26 bits per heavy atom. The molecule has 1 unspecified atom stereocenters. The van der Waals surface area contributed by atoms with Gasteiger partial charge in [-0.2, -0.15) is 0 Å². The number of thioether (sulfide) groups is 1. The molecule has 0 radical (unpaired) electrons. The summed E-state index contributed by atoms with van der Waals surface area (Å²) in [6.45, 7) is 0.437. The number of hydrogen-bond acceptors (Lipinski definition) is 3. The van der Waals surface area contributed by atoms with E-state index in [9.17, 15) is 13.6 Å². The van der Waals surface area contributed by atoms with Crippen molar-refractivity contribution in [1.29, 1.82) is 0 Å². The third kappa shape index (κ3) is 6.28. The van der Waals surface area contributed by atoms with Gasteiger partial charge < -0.3 is 11.1 Å². The van der Waals surface area contributed by atoms with E-state index in [2.05, 4.69) is 5.32 Å². The van der Waals surface area contributed by atoms with Crippen molar-refractivity contribution in [2.45, 2.75) is 43.0 Å². The number of nitrogens with one attached hydrogen (secondary N) is 1. The lowest BCUT2D eigenvalue weighted by atomic mass is 9.84. The van der Waals surface area contributed by atoms with Gasteiger partial charge in [-0.3, -0.25) is 4.79 Å². The highest BCUT2D eigenvalue weighted by molar-refractivity contribution is 8.00. The van der Waals surface area contributed by atoms with Gasteiger partial charge in [0.25, 0.3) is 0 Å². The summed E-state index contributed by atoms with van der Waals surface area (Å²) in [6.07, 6.45) is 5.87. The molecule has 0 bridgehead atoms. The molecule has 0 spiro atoms. The van der Waals surface area contributed by atoms with Gasteiger partial charge in [0.1, 0.15) is 0 Å². The predicted molar refractivity (Wildman–Crippen MR) is 91.9 cm³/mol. The summed E-state index contributed by atoms with van der Waals surface area (Å²) >= 11 is 1.19. The molecule has 1 saturated carbocycles. The molecule has 0 aromatic heterocycles. The first-order chi connectivity index (χ1) is 10.6. The molecule has 1 fully saturated rings. The topological polar surface area (TPSA) is 55.1 Å². The van der Waals surface area contributed by atoms with Gasteiger partial charge in [0.15, 0.2) is 11.6 Å². The van der Waals surface area contributed by atoms with Crippen LogP contribution < -0.4 is 11.1 Å². The largest absolute Gasteiger partial charge is 0.351 e. The van der Waals surface area contributed by atoms with Crippen molar-refractivity contribution in [3.05, 3.63) is 29.8 Å². The minimum absolute atomic E-state index is 0. The molecule has 130 valence electrons. The zero-order valence-electron chi connectivity index (χ0n) is 12.9. The van der Waals surface area contributed by atoms with Crippen LogP contribution in [0.1, 0.15) is 32.1 Å². The number of rotatable bonds is 6. The summed E-state index contributed by atoms with van der Waals surface area (Å²) in [5.41, 5.74) is 5.78. The van der Waals surface area contributed by atoms with E-state index in [0.29, 0.717) is 17.4 Å². The second kappa shape index (κ2) is 10.1. The summed E-state index contributed by atoms with van der Waals surface area (Å²) in [5.74, 6) is -1.26. The van der Waals surface area contributed by atoms with Crippen molar-refractivity contribution in [2.24, 2.45) is 11.7 Å². The minimum atomic E-state index is -0.896. The second-order valence-electron chi connectivity index (χ2n) is 5.67. The zero-order chi connectivity index (χ0) is 15.9. The Balaban J connectivity index is 0.00000264. The van der Waals surface area contributed by atoms with Crippen molar-refractivity contribution in [3.8, 4) is 0 Å². The fourth-order valence-corrected chi connectivity index (χ4v) is 3.60. The quantitative estimate of drug-likeness (QED) is 0.759. The van der Waals surface area contributed by atoms with Gasteiger partial charge in [-0.05, 0) is 37.0 Å². The van der Waals surface area contributed by atoms with E-state index in [1.54, 1.807) is 0 Å². The molecule has 0 saturated heterocycles. The highest BCUT2D eigenvalue weighted by atomic mass is 35.5. The molecule has 1 amide bonds. The zero-order valence-corrected chi connectivity index (χ0v) is 14.5. The molecule has 1 aliphatic carbocycles. The molecule has 2 rings (SSSR count). The van der Waals surface area contributed by atoms with Gasteiger partial charge in [0.05, 0.1) is 5.75 Å². The van der Waals surface area contributed by atoms with Crippen LogP contribution >= 0.6 is 24.2 Å². The van der Waals surface area contributed by atoms with Crippen LogP contribution in [0.2, 0.25) is 0 Å². The third-order valence-corrected chi connectivity index (χ3v) is 5.07. The predicted octanol–water partition coefficient (Wildman–Crippen LogP) is 3.50. The highest BCUT2D eigenvalue weighted by Crippen LogP contribution is 2.26. The van der Waals surface area contributed by atoms with Gasteiger partial charge in [-0.1, -0.05) is 19.3 Å². The van der Waals surface area contributed by atoms with Crippen molar-refractivity contribution >= 4 is 30.1 Å². The van der Waals surface area contributed by atoms with E-state index >= 15 is 0 Å². The highest BCUT2D eigenvalue weighted by Gasteiger charge is 2.23. The van der Waals surface area contributed by atoms with Crippen molar-refractivity contribution in [2.75, 3.05) is 12.3 Å². The van der Waals surface area contributed by atoms with Crippen LogP contribution in [0.4, 0.5) is 8.78 Å². The van der Waals surface area contributed by atoms with Crippen LogP contribution in [0.25, 0.3) is 0 Å². The van der Waals surface area contributed by atoms with E-state index in [1.165, 1.54) is 37.1 Å². The average Bonchev–Trinajstić information content (AvgIpc) is 2.54. The summed E-state index contributed by atoms with van der Waals surface area (Å²) in [7, 11) is 0. The second-order valence-corrected chi connectivity index (χ2v) is 6.72. The van der Waals surface area contributed by atoms with Crippen molar-refractivity contribution < 1.29 is 13.6 Å². The summed E-state index contributed by atoms with van der Waals surface area (Å²) in [6, 6.07) is 3.66. The van der Waals surface area contributed by atoms with E-state index in [4.69, 9.17) is 5.73 Å². The monoisotopic (exact) mass is 364 g/mol. The normalized spacial score (nSPS) is 16.5. The number of nitrogens with two attached hydrogens (primary N) is 1. The van der Waals surface area contributed by atoms with Crippen LogP contribution in [0.15, 0.2) is 23.1 Å². The minimum Gasteiger partial charge on any atom is -0.351 e. The third-order valence-electron chi connectivity index (χ3n) is 4.08. The lowest BCUT2D eigenvalue weighted by Gasteiger charge is -2.30. The van der Waals surface area contributed by atoms with Crippen molar-refractivity contribution in [1.82, 2.24) is 5.32 Å². The van der Waals surface area contributed by atoms with E-state index in [1.807, 2.05) is 0 Å². The Morgan fingerprint density at radius 2 is 1.96 bits per heavy atom. The fourth-order valence-electron chi connectivity index (χ4n) is 2.87. The number of amides is 1. The van der Waals surface area contributed by atoms with E-state index in [0.717, 1.165) is 25.0 Å². The summed E-state index contributed by atoms with van der Waals surface area (Å²) < 4.78 is 25.9. The number of hydrogen-bond donors (Lipinski definition) is 2. The van der Waals surface area contributed by atoms with Crippen LogP contribution in [0.3, 0.4) is 0 Å². The van der Waals surface area contributed by atoms with Crippen LogP contribution in [-0.2, 0) is 4.79 Å². The van der Waals surface area contributed by atoms with Gasteiger partial charge in [0, 0.05) is 17.5 Å². The average molecular weight is 365 g/mol. The Labute approximate surface area is 146 Å². The van der Waals surface area contributed by atoms with E-state index in [-0.39, 0.29) is 30.1 Å². The maximum absolute atomic E-state index is 13.1. The number of halogens is 3. The molecule has 3 N–H and O–H groups in total. The SMILES string of the molecule is Cl.NCC(NC(=O)CSc1ccc(F)c(F)c1)C1CCCCC1. The maximum atomic E-state index is 13.1. The molecule has 0 heterocycles. The molecular formula is C16H23ClF2N2OS. The summed E-state index contributed by atoms with van der Waals surface area (Å²) in [4.78, 5) is 12.6. The molecule has 3 nitrogen and oxygen atoms in total. The molecule has 1 atom stereocenters. The van der Waals surface area contributed by atoms with Crippen LogP contribution in [0.5, 0.6) is 0 Å². The number of benzene rings is 1. The first-order valence-corrected chi connectivity index (χ1v) is 8.66. The van der Waals surface area contributed by atoms with Crippen LogP contribution in [-0.4, -0.2) is 24.2 Å². The molecule has 7 heteroatoms. The smallest absolute Gasteiger partial charge is 0.230 e. The van der Waals surface area contributed by atoms with Gasteiger partial charge in [-0.25, -0.2) is 8.78 Å². The molecule has 1 aromatic carbocycles. The molecular weight excluding hydrogens is 342 g/mol. The Morgan fingerprint density at radius 3 is 2.57 bits per heavy atom. The van der Waals surface area contributed by atoms with E-state index < -0.39 is 11.6 Å². The standard InChI is InChI=1S/C16H22F2N2OS.ClH/c17-13-7-6-12(8-14(13)18)22-10-16(21)20-15(9-19)11-4-2-1-3-5-11;/h6-8,11,15H,1-5,9-10,19H2,(H,20,21);1H. The lowest BCUT2D eigenvalue weighted by molar-refractivity contribution is -0.119. The van der Waals surface area contributed by atoms with Crippen LogP contribution in [0, 0.1) is 17.6 Å². The van der Waals surface area contributed by atoms with Gasteiger partial charge in [-0.15, -0.1) is 24.2 Å². The molecule has 1 aromatic rings. The first-order valence-electron chi connectivity index (χ1n) is 7.67. The Kier molecular flexibility index (Phi) is 8.87. The Hall–Kier alpha value is -0.850. The van der Waals surface area contributed by atoms with Gasteiger partial charge >= 0.3 is 0 Å². The first kappa shape index (κ1) is 20.2. The fraction of sp³-hybridized carbons (Fsp3) is 0.562. The summed E-state index contributed by atoms with van der Waals surface area (Å²) in [5, 5.41) is 2.98.